The molecule has 0 bridgehead atoms. The van der Waals surface area contributed by atoms with Gasteiger partial charge in [0.2, 0.25) is 0 Å². The first-order valence-electron chi connectivity index (χ1n) is 3.47. The first-order valence-corrected chi connectivity index (χ1v) is 3.84. The van der Waals surface area contributed by atoms with Crippen molar-refractivity contribution in [2.24, 2.45) is 0 Å². The average Bonchev–Trinajstić information content (AvgIpc) is 2.03. The maximum Gasteiger partial charge on any atom is 0.281 e. The van der Waals surface area contributed by atoms with Gasteiger partial charge in [0.05, 0.1) is 5.56 Å². The monoisotopic (exact) mass is 205 g/mol. The molecule has 0 aliphatic carbocycles. The molecule has 0 aliphatic rings. The number of aromatic nitrogens is 1. The number of hydrogen-bond donors (Lipinski definition) is 0. The highest BCUT2D eigenvalue weighted by Gasteiger charge is 2.18. The van der Waals surface area contributed by atoms with Crippen LogP contribution in [0.2, 0.25) is 0 Å². The van der Waals surface area contributed by atoms with Gasteiger partial charge in [-0.3, -0.25) is 9.78 Å². The Hall–Kier alpha value is -1.03. The van der Waals surface area contributed by atoms with E-state index in [1.807, 2.05) is 0 Å². The molecule has 1 heterocycles. The van der Waals surface area contributed by atoms with E-state index >= 15 is 0 Å². The van der Waals surface area contributed by atoms with Crippen molar-refractivity contribution < 1.29 is 13.6 Å². The van der Waals surface area contributed by atoms with Crippen molar-refractivity contribution in [3.8, 4) is 0 Å². The smallest absolute Gasteiger partial charge is 0.276 e. The standard InChI is InChI=1S/C8H6ClF2NO/c1-4-2-5(7(9)13)6(8(10)11)12-3-4/h2-3,8H,1H3. The van der Waals surface area contributed by atoms with Crippen LogP contribution in [-0.4, -0.2) is 10.2 Å². The quantitative estimate of drug-likeness (QED) is 0.695. The van der Waals surface area contributed by atoms with Crippen LogP contribution in [0.4, 0.5) is 8.78 Å². The van der Waals surface area contributed by atoms with E-state index in [0.29, 0.717) is 5.56 Å². The third-order valence-electron chi connectivity index (χ3n) is 1.47. The molecule has 0 saturated carbocycles. The molecule has 1 aromatic rings. The summed E-state index contributed by atoms with van der Waals surface area (Å²) in [5.74, 6) is 0. The largest absolute Gasteiger partial charge is 0.281 e. The summed E-state index contributed by atoms with van der Waals surface area (Å²) >= 11 is 5.11. The molecular formula is C8H6ClF2NO. The van der Waals surface area contributed by atoms with Gasteiger partial charge in [0, 0.05) is 6.20 Å². The van der Waals surface area contributed by atoms with Gasteiger partial charge in [-0.05, 0) is 30.2 Å². The van der Waals surface area contributed by atoms with Crippen LogP contribution in [0.3, 0.4) is 0 Å². The molecule has 13 heavy (non-hydrogen) atoms. The van der Waals surface area contributed by atoms with Crippen molar-refractivity contribution >= 4 is 16.8 Å². The van der Waals surface area contributed by atoms with Crippen LogP contribution in [0.1, 0.15) is 28.0 Å². The summed E-state index contributed by atoms with van der Waals surface area (Å²) in [7, 11) is 0. The highest BCUT2D eigenvalue weighted by molar-refractivity contribution is 6.67. The summed E-state index contributed by atoms with van der Waals surface area (Å²) in [6.45, 7) is 1.64. The average molecular weight is 206 g/mol. The minimum Gasteiger partial charge on any atom is -0.276 e. The second kappa shape index (κ2) is 3.79. The van der Waals surface area contributed by atoms with Gasteiger partial charge in [0.15, 0.2) is 0 Å². The topological polar surface area (TPSA) is 30.0 Å². The summed E-state index contributed by atoms with van der Waals surface area (Å²) in [5, 5.41) is -0.911. The first kappa shape index (κ1) is 10.1. The van der Waals surface area contributed by atoms with Gasteiger partial charge in [0.25, 0.3) is 11.7 Å². The summed E-state index contributed by atoms with van der Waals surface area (Å²) in [5.41, 5.74) is -0.171. The van der Waals surface area contributed by atoms with Crippen LogP contribution < -0.4 is 0 Å². The zero-order valence-corrected chi connectivity index (χ0v) is 7.48. The lowest BCUT2D eigenvalue weighted by atomic mass is 10.1. The van der Waals surface area contributed by atoms with Crippen LogP contribution in [-0.2, 0) is 0 Å². The van der Waals surface area contributed by atoms with Crippen LogP contribution >= 0.6 is 11.6 Å². The molecule has 5 heteroatoms. The predicted molar refractivity (Wildman–Crippen MR) is 44.1 cm³/mol. The molecule has 0 amide bonds. The van der Waals surface area contributed by atoms with Crippen LogP contribution in [0.15, 0.2) is 12.3 Å². The van der Waals surface area contributed by atoms with E-state index in [1.54, 1.807) is 6.92 Å². The molecule has 0 fully saturated rings. The van der Waals surface area contributed by atoms with E-state index in [9.17, 15) is 13.6 Å². The number of pyridine rings is 1. The Morgan fingerprint density at radius 1 is 1.62 bits per heavy atom. The molecule has 0 aromatic carbocycles. The lowest BCUT2D eigenvalue weighted by Crippen LogP contribution is -2.01. The minimum absolute atomic E-state index is 0.225. The van der Waals surface area contributed by atoms with Gasteiger partial charge in [-0.15, -0.1) is 0 Å². The molecule has 0 atom stereocenters. The van der Waals surface area contributed by atoms with Gasteiger partial charge < -0.3 is 0 Å². The van der Waals surface area contributed by atoms with Crippen molar-refractivity contribution in [3.05, 3.63) is 29.1 Å². The van der Waals surface area contributed by atoms with E-state index in [2.05, 4.69) is 4.98 Å². The molecule has 70 valence electrons. The Bertz CT molecular complexity index is 341. The normalized spacial score (nSPS) is 10.5. The van der Waals surface area contributed by atoms with Crippen LogP contribution in [0.5, 0.6) is 0 Å². The number of rotatable bonds is 2. The van der Waals surface area contributed by atoms with E-state index in [-0.39, 0.29) is 5.56 Å². The number of aryl methyl sites for hydroxylation is 1. The second-order valence-electron chi connectivity index (χ2n) is 2.52. The lowest BCUT2D eigenvalue weighted by molar-refractivity contribution is 0.106. The predicted octanol–water partition coefficient (Wildman–Crippen LogP) is 2.71. The van der Waals surface area contributed by atoms with Crippen molar-refractivity contribution in [1.29, 1.82) is 0 Å². The number of carbonyl (C=O) groups is 1. The Morgan fingerprint density at radius 3 is 2.69 bits per heavy atom. The Kier molecular flexibility index (Phi) is 2.93. The number of halogens is 3. The molecule has 0 radical (unpaired) electrons. The lowest BCUT2D eigenvalue weighted by Gasteiger charge is -2.03. The zero-order chi connectivity index (χ0) is 10.0. The summed E-state index contributed by atoms with van der Waals surface area (Å²) < 4.78 is 24.5. The minimum atomic E-state index is -2.78. The number of nitrogens with zero attached hydrogens (tertiary/aromatic N) is 1. The molecule has 0 aliphatic heterocycles. The molecule has 0 spiro atoms. The summed E-state index contributed by atoms with van der Waals surface area (Å²) in [4.78, 5) is 14.2. The van der Waals surface area contributed by atoms with E-state index in [1.165, 1.54) is 12.3 Å². The third kappa shape index (κ3) is 2.21. The summed E-state index contributed by atoms with van der Waals surface area (Å²) in [6, 6.07) is 1.30. The van der Waals surface area contributed by atoms with Crippen molar-refractivity contribution in [2.75, 3.05) is 0 Å². The van der Waals surface area contributed by atoms with E-state index in [0.717, 1.165) is 0 Å². The van der Waals surface area contributed by atoms with Gasteiger partial charge in [-0.2, -0.15) is 0 Å². The third-order valence-corrected chi connectivity index (χ3v) is 1.68. The van der Waals surface area contributed by atoms with Gasteiger partial charge >= 0.3 is 0 Å². The fourth-order valence-corrected chi connectivity index (χ4v) is 1.06. The van der Waals surface area contributed by atoms with Crippen molar-refractivity contribution in [2.45, 2.75) is 13.3 Å². The fraction of sp³-hybridized carbons (Fsp3) is 0.250. The number of hydrogen-bond acceptors (Lipinski definition) is 2. The molecule has 2 nitrogen and oxygen atoms in total. The van der Waals surface area contributed by atoms with Crippen LogP contribution in [0.25, 0.3) is 0 Å². The van der Waals surface area contributed by atoms with Gasteiger partial charge in [-0.1, -0.05) is 0 Å². The molecule has 0 saturated heterocycles. The maximum atomic E-state index is 12.2. The summed E-state index contributed by atoms with van der Waals surface area (Å²) in [6.07, 6.45) is -1.51. The molecule has 1 aromatic heterocycles. The SMILES string of the molecule is Cc1cnc(C(F)F)c(C(=O)Cl)c1. The van der Waals surface area contributed by atoms with Crippen LogP contribution in [0, 0.1) is 6.92 Å². The van der Waals surface area contributed by atoms with E-state index in [4.69, 9.17) is 11.6 Å². The number of alkyl halides is 2. The molecular weight excluding hydrogens is 200 g/mol. The fourth-order valence-electron chi connectivity index (χ4n) is 0.911. The Labute approximate surface area is 78.5 Å². The Morgan fingerprint density at radius 2 is 2.23 bits per heavy atom. The van der Waals surface area contributed by atoms with Crippen molar-refractivity contribution in [1.82, 2.24) is 4.98 Å². The highest BCUT2D eigenvalue weighted by Crippen LogP contribution is 2.22. The van der Waals surface area contributed by atoms with Crippen molar-refractivity contribution in [3.63, 3.8) is 0 Å². The van der Waals surface area contributed by atoms with Gasteiger partial charge in [0.1, 0.15) is 5.69 Å². The number of carbonyl (C=O) groups excluding carboxylic acids is 1. The first-order chi connectivity index (χ1) is 6.02. The zero-order valence-electron chi connectivity index (χ0n) is 6.72. The molecule has 1 rings (SSSR count). The van der Waals surface area contributed by atoms with E-state index < -0.39 is 17.4 Å². The second-order valence-corrected chi connectivity index (χ2v) is 2.86. The molecule has 0 N–H and O–H groups in total. The molecule has 0 unspecified atom stereocenters. The maximum absolute atomic E-state index is 12.2. The van der Waals surface area contributed by atoms with Gasteiger partial charge in [-0.25, -0.2) is 8.78 Å². The highest BCUT2D eigenvalue weighted by atomic mass is 35.5. The Balaban J connectivity index is 3.27.